The van der Waals surface area contributed by atoms with E-state index in [9.17, 15) is 4.79 Å². The average Bonchev–Trinajstić information content (AvgIpc) is 2.45. The molecule has 0 radical (unpaired) electrons. The molecule has 2 rings (SSSR count). The third-order valence-electron chi connectivity index (χ3n) is 2.80. The maximum absolute atomic E-state index is 11.7. The summed E-state index contributed by atoms with van der Waals surface area (Å²) in [7, 11) is 0. The van der Waals surface area contributed by atoms with Crippen molar-refractivity contribution in [2.45, 2.75) is 13.5 Å². The van der Waals surface area contributed by atoms with Gasteiger partial charge in [-0.05, 0) is 24.1 Å². The molecule has 5 heteroatoms. The van der Waals surface area contributed by atoms with Crippen molar-refractivity contribution in [2.24, 2.45) is 0 Å². The monoisotopic (exact) mass is 270 g/mol. The number of aromatic nitrogens is 1. The zero-order valence-corrected chi connectivity index (χ0v) is 11.4. The van der Waals surface area contributed by atoms with E-state index in [4.69, 9.17) is 5.73 Å². The first-order chi connectivity index (χ1) is 9.65. The number of benzene rings is 1. The van der Waals surface area contributed by atoms with Crippen LogP contribution in [0.25, 0.3) is 0 Å². The first-order valence-electron chi connectivity index (χ1n) is 6.42. The number of carbonyl (C=O) groups is 1. The molecular weight excluding hydrogens is 252 g/mol. The summed E-state index contributed by atoms with van der Waals surface area (Å²) in [6, 6.07) is 11.6. The van der Waals surface area contributed by atoms with Gasteiger partial charge >= 0.3 is 0 Å². The van der Waals surface area contributed by atoms with Crippen molar-refractivity contribution in [3.63, 3.8) is 0 Å². The van der Waals surface area contributed by atoms with Crippen molar-refractivity contribution in [2.75, 3.05) is 17.6 Å². The number of rotatable bonds is 5. The Bertz CT molecular complexity index is 584. The maximum atomic E-state index is 11.7. The van der Waals surface area contributed by atoms with E-state index in [1.165, 1.54) is 0 Å². The number of pyridine rings is 1. The predicted octanol–water partition coefficient (Wildman–Crippen LogP) is 1.70. The van der Waals surface area contributed by atoms with Crippen LogP contribution in [0.3, 0.4) is 0 Å². The molecule has 0 unspecified atom stereocenters. The van der Waals surface area contributed by atoms with E-state index in [0.717, 1.165) is 11.1 Å². The van der Waals surface area contributed by atoms with Crippen molar-refractivity contribution in [1.82, 2.24) is 10.3 Å². The van der Waals surface area contributed by atoms with Crippen LogP contribution < -0.4 is 16.4 Å². The Morgan fingerprint density at radius 2 is 2.05 bits per heavy atom. The molecule has 4 N–H and O–H groups in total. The minimum Gasteiger partial charge on any atom is -0.396 e. The van der Waals surface area contributed by atoms with Crippen LogP contribution in [0.2, 0.25) is 0 Å². The molecule has 0 atom stereocenters. The maximum Gasteiger partial charge on any atom is 0.239 e. The fourth-order valence-corrected chi connectivity index (χ4v) is 1.76. The zero-order chi connectivity index (χ0) is 14.4. The summed E-state index contributed by atoms with van der Waals surface area (Å²) in [5.41, 5.74) is 8.41. The molecular formula is C15H18N4O. The van der Waals surface area contributed by atoms with Crippen LogP contribution in [0.15, 0.2) is 42.6 Å². The number of hydrogen-bond donors (Lipinski definition) is 3. The SMILES string of the molecule is Cc1cnc(NCC(=O)NCc2ccccc2)c(N)c1. The molecule has 0 bridgehead atoms. The van der Waals surface area contributed by atoms with Gasteiger partial charge < -0.3 is 16.4 Å². The summed E-state index contributed by atoms with van der Waals surface area (Å²) >= 11 is 0. The third kappa shape index (κ3) is 3.98. The van der Waals surface area contributed by atoms with E-state index in [1.54, 1.807) is 6.20 Å². The van der Waals surface area contributed by atoms with E-state index in [-0.39, 0.29) is 12.5 Å². The second kappa shape index (κ2) is 6.56. The van der Waals surface area contributed by atoms with Crippen molar-refractivity contribution in [1.29, 1.82) is 0 Å². The highest BCUT2D eigenvalue weighted by molar-refractivity contribution is 5.81. The number of carbonyl (C=O) groups excluding carboxylic acids is 1. The second-order valence-corrected chi connectivity index (χ2v) is 4.57. The number of anilines is 2. The number of amides is 1. The molecule has 0 aliphatic carbocycles. The van der Waals surface area contributed by atoms with Gasteiger partial charge in [0, 0.05) is 12.7 Å². The van der Waals surface area contributed by atoms with Gasteiger partial charge in [0.25, 0.3) is 0 Å². The number of nitrogens with two attached hydrogens (primary N) is 1. The number of aryl methyl sites for hydroxylation is 1. The standard InChI is InChI=1S/C15H18N4O/c1-11-7-13(16)15(18-8-11)19-10-14(20)17-9-12-5-3-2-4-6-12/h2-8H,9-10,16H2,1H3,(H,17,20)(H,18,19). The van der Waals surface area contributed by atoms with E-state index >= 15 is 0 Å². The average molecular weight is 270 g/mol. The van der Waals surface area contributed by atoms with Gasteiger partial charge in [-0.2, -0.15) is 0 Å². The summed E-state index contributed by atoms with van der Waals surface area (Å²) in [5.74, 6) is 0.432. The lowest BCUT2D eigenvalue weighted by Gasteiger charge is -2.09. The lowest BCUT2D eigenvalue weighted by Crippen LogP contribution is -2.29. The van der Waals surface area contributed by atoms with Crippen LogP contribution in [0, 0.1) is 6.92 Å². The fraction of sp³-hybridized carbons (Fsp3) is 0.200. The van der Waals surface area contributed by atoms with E-state index < -0.39 is 0 Å². The number of nitrogens with one attached hydrogen (secondary N) is 2. The molecule has 0 aliphatic heterocycles. The minimum atomic E-state index is -0.101. The van der Waals surface area contributed by atoms with Crippen molar-refractivity contribution < 1.29 is 4.79 Å². The lowest BCUT2D eigenvalue weighted by atomic mass is 10.2. The molecule has 0 spiro atoms. The van der Waals surface area contributed by atoms with E-state index in [2.05, 4.69) is 15.6 Å². The van der Waals surface area contributed by atoms with Crippen molar-refractivity contribution >= 4 is 17.4 Å². The molecule has 2 aromatic rings. The summed E-state index contributed by atoms with van der Waals surface area (Å²) in [6.07, 6.45) is 1.71. The van der Waals surface area contributed by atoms with Gasteiger partial charge in [-0.25, -0.2) is 4.98 Å². The van der Waals surface area contributed by atoms with Gasteiger partial charge in [0.1, 0.15) is 5.82 Å². The molecule has 0 saturated heterocycles. The number of nitrogen functional groups attached to an aromatic ring is 1. The molecule has 20 heavy (non-hydrogen) atoms. The fourth-order valence-electron chi connectivity index (χ4n) is 1.76. The van der Waals surface area contributed by atoms with E-state index in [1.807, 2.05) is 43.3 Å². The topological polar surface area (TPSA) is 80.0 Å². The summed E-state index contributed by atoms with van der Waals surface area (Å²) in [5, 5.41) is 5.76. The minimum absolute atomic E-state index is 0.101. The molecule has 5 nitrogen and oxygen atoms in total. The Morgan fingerprint density at radius 1 is 1.30 bits per heavy atom. The van der Waals surface area contributed by atoms with Gasteiger partial charge in [-0.1, -0.05) is 30.3 Å². The van der Waals surface area contributed by atoms with Crippen LogP contribution in [0.5, 0.6) is 0 Å². The zero-order valence-electron chi connectivity index (χ0n) is 11.4. The van der Waals surface area contributed by atoms with E-state index in [0.29, 0.717) is 18.1 Å². The Morgan fingerprint density at radius 3 is 2.75 bits per heavy atom. The molecule has 1 amide bonds. The molecule has 0 aliphatic rings. The van der Waals surface area contributed by atoms with Crippen LogP contribution in [-0.4, -0.2) is 17.4 Å². The highest BCUT2D eigenvalue weighted by atomic mass is 16.1. The highest BCUT2D eigenvalue weighted by Gasteiger charge is 2.04. The molecule has 0 fully saturated rings. The van der Waals surface area contributed by atoms with Crippen LogP contribution in [0.4, 0.5) is 11.5 Å². The Kier molecular flexibility index (Phi) is 4.55. The van der Waals surface area contributed by atoms with Gasteiger partial charge in [0.2, 0.25) is 5.91 Å². The van der Waals surface area contributed by atoms with Crippen LogP contribution in [-0.2, 0) is 11.3 Å². The second-order valence-electron chi connectivity index (χ2n) is 4.57. The molecule has 1 heterocycles. The predicted molar refractivity (Wildman–Crippen MR) is 80.2 cm³/mol. The number of nitrogens with zero attached hydrogens (tertiary/aromatic N) is 1. The van der Waals surface area contributed by atoms with Gasteiger partial charge in [-0.15, -0.1) is 0 Å². The first kappa shape index (κ1) is 13.9. The Labute approximate surface area is 118 Å². The Hall–Kier alpha value is -2.56. The quantitative estimate of drug-likeness (QED) is 0.772. The molecule has 1 aromatic carbocycles. The van der Waals surface area contributed by atoms with Gasteiger partial charge in [0.05, 0.1) is 12.2 Å². The smallest absolute Gasteiger partial charge is 0.239 e. The first-order valence-corrected chi connectivity index (χ1v) is 6.42. The van der Waals surface area contributed by atoms with Gasteiger partial charge in [-0.3, -0.25) is 4.79 Å². The largest absolute Gasteiger partial charge is 0.396 e. The molecule has 1 aromatic heterocycles. The summed E-state index contributed by atoms with van der Waals surface area (Å²) in [6.45, 7) is 2.57. The molecule has 0 saturated carbocycles. The van der Waals surface area contributed by atoms with Crippen molar-refractivity contribution in [3.05, 3.63) is 53.7 Å². The lowest BCUT2D eigenvalue weighted by molar-refractivity contribution is -0.119. The Balaban J connectivity index is 1.80. The summed E-state index contributed by atoms with van der Waals surface area (Å²) in [4.78, 5) is 15.9. The van der Waals surface area contributed by atoms with Crippen molar-refractivity contribution in [3.8, 4) is 0 Å². The van der Waals surface area contributed by atoms with Crippen LogP contribution >= 0.6 is 0 Å². The molecule has 104 valence electrons. The van der Waals surface area contributed by atoms with Crippen LogP contribution in [0.1, 0.15) is 11.1 Å². The number of hydrogen-bond acceptors (Lipinski definition) is 4. The highest BCUT2D eigenvalue weighted by Crippen LogP contribution is 2.15. The third-order valence-corrected chi connectivity index (χ3v) is 2.80. The summed E-state index contributed by atoms with van der Waals surface area (Å²) < 4.78 is 0. The normalized spacial score (nSPS) is 10.1. The van der Waals surface area contributed by atoms with Gasteiger partial charge in [0.15, 0.2) is 0 Å².